The van der Waals surface area contributed by atoms with Gasteiger partial charge in [-0.25, -0.2) is 0 Å². The Morgan fingerprint density at radius 2 is 1.68 bits per heavy atom. The summed E-state index contributed by atoms with van der Waals surface area (Å²) in [6, 6.07) is 7.45. The molecule has 0 amide bonds. The Hall–Kier alpha value is -2.17. The van der Waals surface area contributed by atoms with Crippen molar-refractivity contribution in [1.82, 2.24) is 0 Å². The predicted octanol–water partition coefficient (Wildman–Crippen LogP) is 2.10. The SMILES string of the molecule is CCOC(=O)C(C(=O)Cc1ccc(C)cc1)[C@@H](C)C(=O)OC. The van der Waals surface area contributed by atoms with Gasteiger partial charge in [0.05, 0.1) is 19.6 Å². The summed E-state index contributed by atoms with van der Waals surface area (Å²) in [5.74, 6) is -3.65. The van der Waals surface area contributed by atoms with Gasteiger partial charge in [-0.15, -0.1) is 0 Å². The second kappa shape index (κ2) is 8.32. The Morgan fingerprint density at radius 1 is 1.09 bits per heavy atom. The lowest BCUT2D eigenvalue weighted by Crippen LogP contribution is -2.37. The number of Topliss-reactive ketones (excluding diaryl/α,β-unsaturated/α-hetero) is 1. The zero-order chi connectivity index (χ0) is 16.7. The number of rotatable bonds is 7. The molecule has 0 bridgehead atoms. The van der Waals surface area contributed by atoms with Crippen LogP contribution in [-0.2, 0) is 30.3 Å². The van der Waals surface area contributed by atoms with Gasteiger partial charge in [0, 0.05) is 6.42 Å². The van der Waals surface area contributed by atoms with Gasteiger partial charge in [0.25, 0.3) is 0 Å². The van der Waals surface area contributed by atoms with Crippen LogP contribution in [0.15, 0.2) is 24.3 Å². The lowest BCUT2D eigenvalue weighted by atomic mass is 9.87. The zero-order valence-corrected chi connectivity index (χ0v) is 13.4. The molecule has 0 saturated heterocycles. The molecule has 0 heterocycles. The van der Waals surface area contributed by atoms with E-state index in [1.54, 1.807) is 6.92 Å². The van der Waals surface area contributed by atoms with Crippen LogP contribution < -0.4 is 0 Å². The molecule has 1 aromatic rings. The highest BCUT2D eigenvalue weighted by molar-refractivity contribution is 6.03. The molecular weight excluding hydrogens is 284 g/mol. The van der Waals surface area contributed by atoms with Crippen molar-refractivity contribution in [2.24, 2.45) is 11.8 Å². The van der Waals surface area contributed by atoms with E-state index in [0.29, 0.717) is 0 Å². The molecule has 0 radical (unpaired) electrons. The topological polar surface area (TPSA) is 69.7 Å². The van der Waals surface area contributed by atoms with Crippen LogP contribution in [0.4, 0.5) is 0 Å². The molecule has 0 aliphatic carbocycles. The highest BCUT2D eigenvalue weighted by Crippen LogP contribution is 2.19. The molecular formula is C17H22O5. The van der Waals surface area contributed by atoms with Crippen molar-refractivity contribution in [3.8, 4) is 0 Å². The maximum absolute atomic E-state index is 12.5. The summed E-state index contributed by atoms with van der Waals surface area (Å²) < 4.78 is 9.57. The monoisotopic (exact) mass is 306 g/mol. The Bertz CT molecular complexity index is 532. The molecule has 22 heavy (non-hydrogen) atoms. The van der Waals surface area contributed by atoms with E-state index in [0.717, 1.165) is 11.1 Å². The average Bonchev–Trinajstić information content (AvgIpc) is 2.49. The van der Waals surface area contributed by atoms with Crippen molar-refractivity contribution in [3.05, 3.63) is 35.4 Å². The van der Waals surface area contributed by atoms with Gasteiger partial charge in [-0.05, 0) is 19.4 Å². The number of methoxy groups -OCH3 is 1. The Kier molecular flexibility index (Phi) is 6.76. The fourth-order valence-electron chi connectivity index (χ4n) is 2.19. The van der Waals surface area contributed by atoms with E-state index in [9.17, 15) is 14.4 Å². The molecule has 120 valence electrons. The number of carbonyl (C=O) groups excluding carboxylic acids is 3. The standard InChI is InChI=1S/C17H22O5/c1-5-22-17(20)15(12(3)16(19)21-4)14(18)10-13-8-6-11(2)7-9-13/h6-9,12,15H,5,10H2,1-4H3/t12-,15?/m1/s1. The van der Waals surface area contributed by atoms with Crippen LogP contribution in [0.25, 0.3) is 0 Å². The minimum Gasteiger partial charge on any atom is -0.469 e. The number of ether oxygens (including phenoxy) is 2. The Labute approximate surface area is 130 Å². The minimum atomic E-state index is -1.14. The fraction of sp³-hybridized carbons (Fsp3) is 0.471. The van der Waals surface area contributed by atoms with Crippen molar-refractivity contribution in [1.29, 1.82) is 0 Å². The molecule has 0 fully saturated rings. The first-order valence-electron chi connectivity index (χ1n) is 7.23. The van der Waals surface area contributed by atoms with Crippen LogP contribution in [0.2, 0.25) is 0 Å². The summed E-state index contributed by atoms with van der Waals surface area (Å²) in [4.78, 5) is 36.2. The van der Waals surface area contributed by atoms with Crippen LogP contribution in [0, 0.1) is 18.8 Å². The van der Waals surface area contributed by atoms with Crippen LogP contribution in [0.5, 0.6) is 0 Å². The summed E-state index contributed by atoms with van der Waals surface area (Å²) in [6.45, 7) is 5.26. The van der Waals surface area contributed by atoms with E-state index >= 15 is 0 Å². The maximum Gasteiger partial charge on any atom is 0.317 e. The largest absolute Gasteiger partial charge is 0.469 e. The van der Waals surface area contributed by atoms with E-state index in [2.05, 4.69) is 4.74 Å². The quantitative estimate of drug-likeness (QED) is 0.570. The molecule has 1 rings (SSSR count). The summed E-state index contributed by atoms with van der Waals surface area (Å²) in [7, 11) is 1.23. The van der Waals surface area contributed by atoms with Gasteiger partial charge in [0.2, 0.25) is 0 Å². The summed E-state index contributed by atoms with van der Waals surface area (Å²) in [5, 5.41) is 0. The third-order valence-electron chi connectivity index (χ3n) is 3.46. The Balaban J connectivity index is 2.94. The maximum atomic E-state index is 12.5. The summed E-state index contributed by atoms with van der Waals surface area (Å²) >= 11 is 0. The van der Waals surface area contributed by atoms with Gasteiger partial charge in [0.15, 0.2) is 5.78 Å². The average molecular weight is 306 g/mol. The molecule has 5 nitrogen and oxygen atoms in total. The van der Waals surface area contributed by atoms with Gasteiger partial charge in [-0.3, -0.25) is 14.4 Å². The lowest BCUT2D eigenvalue weighted by molar-refractivity contribution is -0.161. The predicted molar refractivity (Wildman–Crippen MR) is 81.2 cm³/mol. The molecule has 5 heteroatoms. The molecule has 0 N–H and O–H groups in total. The third kappa shape index (κ3) is 4.69. The first-order chi connectivity index (χ1) is 10.4. The van der Waals surface area contributed by atoms with Crippen LogP contribution in [-0.4, -0.2) is 31.4 Å². The van der Waals surface area contributed by atoms with E-state index in [4.69, 9.17) is 4.74 Å². The van der Waals surface area contributed by atoms with Gasteiger partial charge >= 0.3 is 11.9 Å². The highest BCUT2D eigenvalue weighted by Gasteiger charge is 2.37. The van der Waals surface area contributed by atoms with Gasteiger partial charge in [-0.2, -0.15) is 0 Å². The lowest BCUT2D eigenvalue weighted by Gasteiger charge is -2.19. The van der Waals surface area contributed by atoms with Crippen molar-refractivity contribution < 1.29 is 23.9 Å². The van der Waals surface area contributed by atoms with Crippen molar-refractivity contribution in [2.45, 2.75) is 27.2 Å². The van der Waals surface area contributed by atoms with Crippen LogP contribution in [0.3, 0.4) is 0 Å². The van der Waals surface area contributed by atoms with Crippen molar-refractivity contribution in [3.63, 3.8) is 0 Å². The van der Waals surface area contributed by atoms with Crippen molar-refractivity contribution >= 4 is 17.7 Å². The number of hydrogen-bond donors (Lipinski definition) is 0. The normalized spacial score (nSPS) is 13.1. The summed E-state index contributed by atoms with van der Waals surface area (Å²) in [6.07, 6.45) is 0.0745. The molecule has 0 aliphatic rings. The first-order valence-corrected chi connectivity index (χ1v) is 7.23. The van der Waals surface area contributed by atoms with E-state index in [-0.39, 0.29) is 18.8 Å². The first kappa shape index (κ1) is 17.9. The van der Waals surface area contributed by atoms with Gasteiger partial charge in [-0.1, -0.05) is 36.8 Å². The fourth-order valence-corrected chi connectivity index (χ4v) is 2.19. The molecule has 1 aromatic carbocycles. The summed E-state index contributed by atoms with van der Waals surface area (Å²) in [5.41, 5.74) is 1.88. The number of benzene rings is 1. The van der Waals surface area contributed by atoms with Crippen LogP contribution in [0.1, 0.15) is 25.0 Å². The van der Waals surface area contributed by atoms with Gasteiger partial charge in [0.1, 0.15) is 5.92 Å². The Morgan fingerprint density at radius 3 is 2.18 bits per heavy atom. The van der Waals surface area contributed by atoms with E-state index in [1.165, 1.54) is 14.0 Å². The third-order valence-corrected chi connectivity index (χ3v) is 3.46. The minimum absolute atomic E-state index is 0.0745. The number of aryl methyl sites for hydroxylation is 1. The van der Waals surface area contributed by atoms with Gasteiger partial charge < -0.3 is 9.47 Å². The molecule has 1 unspecified atom stereocenters. The molecule has 2 atom stereocenters. The second-order valence-corrected chi connectivity index (χ2v) is 5.17. The highest BCUT2D eigenvalue weighted by atomic mass is 16.5. The van der Waals surface area contributed by atoms with Crippen molar-refractivity contribution in [2.75, 3.05) is 13.7 Å². The molecule has 0 aliphatic heterocycles. The molecule has 0 aromatic heterocycles. The number of carbonyl (C=O) groups is 3. The molecule has 0 saturated carbocycles. The zero-order valence-electron chi connectivity index (χ0n) is 13.4. The molecule has 0 spiro atoms. The number of esters is 2. The number of hydrogen-bond acceptors (Lipinski definition) is 5. The smallest absolute Gasteiger partial charge is 0.317 e. The van der Waals surface area contributed by atoms with E-state index in [1.807, 2.05) is 31.2 Å². The second-order valence-electron chi connectivity index (χ2n) is 5.17. The number of ketones is 1. The van der Waals surface area contributed by atoms with Crippen LogP contribution >= 0.6 is 0 Å². The van der Waals surface area contributed by atoms with E-state index < -0.39 is 23.8 Å².